The highest BCUT2D eigenvalue weighted by Gasteiger charge is 2.49. The van der Waals surface area contributed by atoms with Gasteiger partial charge in [-0.1, -0.05) is 28.8 Å². The minimum absolute atomic E-state index is 0.0205. The van der Waals surface area contributed by atoms with Gasteiger partial charge in [-0.25, -0.2) is 13.8 Å². The van der Waals surface area contributed by atoms with Gasteiger partial charge < -0.3 is 19.1 Å². The van der Waals surface area contributed by atoms with Crippen LogP contribution in [-0.2, 0) is 23.4 Å². The van der Waals surface area contributed by atoms with Crippen molar-refractivity contribution in [1.29, 1.82) is 0 Å². The lowest BCUT2D eigenvalue weighted by atomic mass is 10.00. The van der Waals surface area contributed by atoms with Crippen LogP contribution in [0.1, 0.15) is 50.8 Å². The molecule has 1 unspecified atom stereocenters. The summed E-state index contributed by atoms with van der Waals surface area (Å²) in [7, 11) is -4.35. The lowest BCUT2D eigenvalue weighted by Gasteiger charge is -2.32. The lowest BCUT2D eigenvalue weighted by Crippen LogP contribution is -2.50. The van der Waals surface area contributed by atoms with Crippen LogP contribution in [0.5, 0.6) is 5.75 Å². The molecule has 2 heterocycles. The number of carbonyl (C=O) groups excluding carboxylic acids is 1. The molecule has 218 valence electrons. The van der Waals surface area contributed by atoms with Crippen LogP contribution < -0.4 is 20.9 Å². The molecular formula is C25H30BrFN3O9P. The number of ether oxygens (including phenoxy) is 2. The number of carbonyl (C=O) groups is 1. The molecule has 1 aliphatic carbocycles. The molecule has 1 aliphatic heterocycles. The van der Waals surface area contributed by atoms with Gasteiger partial charge >= 0.3 is 19.4 Å². The van der Waals surface area contributed by atoms with Gasteiger partial charge in [0.05, 0.1) is 24.9 Å². The Morgan fingerprint density at radius 1 is 1.32 bits per heavy atom. The molecule has 2 aliphatic rings. The summed E-state index contributed by atoms with van der Waals surface area (Å²) in [6, 6.07) is 4.76. The number of aromatic amines is 1. The molecule has 0 bridgehead atoms. The topological polar surface area (TPSA) is 158 Å². The van der Waals surface area contributed by atoms with Crippen molar-refractivity contribution in [2.45, 2.75) is 63.0 Å². The van der Waals surface area contributed by atoms with Crippen LogP contribution in [0.25, 0.3) is 6.08 Å². The van der Waals surface area contributed by atoms with Crippen molar-refractivity contribution >= 4 is 35.7 Å². The minimum Gasteiger partial charge on any atom is -0.465 e. The van der Waals surface area contributed by atoms with E-state index in [9.17, 15) is 28.4 Å². The van der Waals surface area contributed by atoms with Crippen molar-refractivity contribution < 1.29 is 37.4 Å². The number of esters is 1. The SMILES string of the molecule is CCOC(=O)C1(NP(=O)(OC[C@H]2O[C@@H](n3cc(/C=C/Br)c(=O)[nH]c3=O)C[C@@H]2O)Oc2ccc(F)cc2)CCCC1. The number of aliphatic hydroxyl groups is 1. The first-order valence-electron chi connectivity index (χ1n) is 12.7. The van der Waals surface area contributed by atoms with Crippen molar-refractivity contribution in [2.75, 3.05) is 13.2 Å². The number of nitrogens with one attached hydrogen (secondary N) is 2. The predicted molar refractivity (Wildman–Crippen MR) is 145 cm³/mol. The van der Waals surface area contributed by atoms with Gasteiger partial charge in [-0.3, -0.25) is 23.7 Å². The van der Waals surface area contributed by atoms with Gasteiger partial charge in [-0.2, -0.15) is 5.09 Å². The third kappa shape index (κ3) is 6.99. The maximum absolute atomic E-state index is 14.1. The van der Waals surface area contributed by atoms with Crippen LogP contribution in [0.15, 0.2) is 45.0 Å². The van der Waals surface area contributed by atoms with Crippen LogP contribution in [-0.4, -0.2) is 51.6 Å². The maximum atomic E-state index is 14.1. The molecule has 2 fully saturated rings. The van der Waals surface area contributed by atoms with Crippen LogP contribution >= 0.6 is 23.7 Å². The Morgan fingerprint density at radius 3 is 2.67 bits per heavy atom. The Labute approximate surface area is 237 Å². The first-order chi connectivity index (χ1) is 19.1. The molecule has 0 radical (unpaired) electrons. The summed E-state index contributed by atoms with van der Waals surface area (Å²) >= 11 is 3.08. The zero-order valence-electron chi connectivity index (χ0n) is 21.6. The van der Waals surface area contributed by atoms with E-state index in [0.29, 0.717) is 25.7 Å². The molecule has 3 N–H and O–H groups in total. The second-order valence-electron chi connectivity index (χ2n) is 9.44. The zero-order valence-corrected chi connectivity index (χ0v) is 24.1. The summed E-state index contributed by atoms with van der Waals surface area (Å²) < 4.78 is 51.1. The largest absolute Gasteiger partial charge is 0.465 e. The monoisotopic (exact) mass is 645 g/mol. The minimum atomic E-state index is -4.35. The summed E-state index contributed by atoms with van der Waals surface area (Å²) in [6.45, 7) is 1.33. The molecule has 4 atom stereocenters. The van der Waals surface area contributed by atoms with Gasteiger partial charge in [0, 0.05) is 12.6 Å². The highest BCUT2D eigenvalue weighted by Crippen LogP contribution is 2.50. The number of benzene rings is 1. The highest BCUT2D eigenvalue weighted by molar-refractivity contribution is 9.11. The van der Waals surface area contributed by atoms with E-state index < -0.39 is 61.4 Å². The van der Waals surface area contributed by atoms with Crippen LogP contribution in [0.4, 0.5) is 4.39 Å². The second kappa shape index (κ2) is 12.9. The van der Waals surface area contributed by atoms with Crippen LogP contribution in [0.2, 0.25) is 0 Å². The van der Waals surface area contributed by atoms with Gasteiger partial charge in [0.2, 0.25) is 0 Å². The Hall–Kier alpha value is -2.61. The number of rotatable bonds is 11. The molecule has 0 amide bonds. The fraction of sp³-hybridized carbons (Fsp3) is 0.480. The third-order valence-electron chi connectivity index (χ3n) is 6.67. The van der Waals surface area contributed by atoms with Gasteiger partial charge in [-0.05, 0) is 55.1 Å². The summed E-state index contributed by atoms with van der Waals surface area (Å²) in [5, 5.41) is 13.4. The first-order valence-corrected chi connectivity index (χ1v) is 15.2. The smallest absolute Gasteiger partial charge is 0.459 e. The van der Waals surface area contributed by atoms with E-state index in [-0.39, 0.29) is 24.3 Å². The quantitative estimate of drug-likeness (QED) is 0.244. The molecular weight excluding hydrogens is 616 g/mol. The van der Waals surface area contributed by atoms with E-state index in [0.717, 1.165) is 16.7 Å². The van der Waals surface area contributed by atoms with Crippen molar-refractivity contribution in [3.63, 3.8) is 0 Å². The normalized spacial score (nSPS) is 23.8. The van der Waals surface area contributed by atoms with E-state index in [1.165, 1.54) is 29.4 Å². The Morgan fingerprint density at radius 2 is 2.02 bits per heavy atom. The number of aromatic nitrogens is 2. The van der Waals surface area contributed by atoms with Gasteiger partial charge in [-0.15, -0.1) is 0 Å². The van der Waals surface area contributed by atoms with Crippen molar-refractivity contribution in [3.05, 3.63) is 67.7 Å². The first kappa shape index (κ1) is 30.4. The number of aliphatic hydroxyl groups excluding tert-OH is 1. The van der Waals surface area contributed by atoms with E-state index in [2.05, 4.69) is 26.0 Å². The number of hydrogen-bond acceptors (Lipinski definition) is 9. The molecule has 0 spiro atoms. The standard InChI is InChI=1S/C25H30BrFN3O9P/c1-2-36-23(33)25(10-3-4-11-25)29-40(35,39-18-7-5-17(27)6-8-18)37-15-20-19(31)13-21(38-20)30-14-16(9-12-26)22(32)28-24(30)34/h5-9,12,14,19-21,31H,2-4,10-11,13,15H2,1H3,(H,29,35)(H,28,32,34)/b12-9+/t19-,20+,21+,40?/m0/s1. The molecule has 12 nitrogen and oxygen atoms in total. The average molecular weight is 646 g/mol. The third-order valence-corrected chi connectivity index (χ3v) is 8.58. The maximum Gasteiger partial charge on any atom is 0.459 e. The van der Waals surface area contributed by atoms with Crippen LogP contribution in [0, 0.1) is 5.82 Å². The molecule has 15 heteroatoms. The zero-order chi connectivity index (χ0) is 28.9. The summed E-state index contributed by atoms with van der Waals surface area (Å²) in [4.78, 5) is 41.0. The predicted octanol–water partition coefficient (Wildman–Crippen LogP) is 3.36. The number of nitrogens with zero attached hydrogens (tertiary/aromatic N) is 1. The molecule has 2 aromatic rings. The van der Waals surface area contributed by atoms with Gasteiger partial charge in [0.1, 0.15) is 29.4 Å². The van der Waals surface area contributed by atoms with Gasteiger partial charge in [0.25, 0.3) is 5.56 Å². The second-order valence-corrected chi connectivity index (χ2v) is 11.6. The molecule has 1 saturated heterocycles. The molecule has 1 aromatic heterocycles. The van der Waals surface area contributed by atoms with E-state index in [4.69, 9.17) is 18.5 Å². The summed E-state index contributed by atoms with van der Waals surface area (Å²) in [6.07, 6.45) is 1.58. The summed E-state index contributed by atoms with van der Waals surface area (Å²) in [5.74, 6) is -1.11. The van der Waals surface area contributed by atoms with E-state index in [1.54, 1.807) is 6.92 Å². The molecule has 4 rings (SSSR count). The van der Waals surface area contributed by atoms with Crippen molar-refractivity contribution in [2.24, 2.45) is 0 Å². The van der Waals surface area contributed by atoms with Crippen molar-refractivity contribution in [1.82, 2.24) is 14.6 Å². The highest BCUT2D eigenvalue weighted by atomic mass is 79.9. The van der Waals surface area contributed by atoms with Crippen molar-refractivity contribution in [3.8, 4) is 5.75 Å². The Balaban J connectivity index is 1.55. The summed E-state index contributed by atoms with van der Waals surface area (Å²) in [5.41, 5.74) is -2.48. The lowest BCUT2D eigenvalue weighted by molar-refractivity contribution is -0.150. The molecule has 1 aromatic carbocycles. The van der Waals surface area contributed by atoms with E-state index in [1.807, 2.05) is 0 Å². The van der Waals surface area contributed by atoms with E-state index >= 15 is 0 Å². The molecule has 1 saturated carbocycles. The fourth-order valence-electron chi connectivity index (χ4n) is 4.70. The average Bonchev–Trinajstić information content (AvgIpc) is 3.53. The number of halogens is 2. The Kier molecular flexibility index (Phi) is 9.80. The Bertz CT molecular complexity index is 1390. The van der Waals surface area contributed by atoms with Crippen LogP contribution in [0.3, 0.4) is 0 Å². The fourth-order valence-corrected chi connectivity index (χ4v) is 6.73. The number of H-pyrrole nitrogens is 1. The number of hydrogen-bond donors (Lipinski definition) is 3. The van der Waals surface area contributed by atoms with Gasteiger partial charge in [0.15, 0.2) is 0 Å². The molecule has 40 heavy (non-hydrogen) atoms.